The number of hydrogen-bond donors (Lipinski definition) is 1. The van der Waals surface area contributed by atoms with Crippen molar-refractivity contribution < 1.29 is 9.60 Å². The lowest BCUT2D eigenvalue weighted by Crippen LogP contribution is -2.11. The van der Waals surface area contributed by atoms with Gasteiger partial charge in [0.05, 0.1) is 5.56 Å². The molecule has 0 aliphatic rings. The minimum absolute atomic E-state index is 0.000602. The molecule has 0 spiro atoms. The van der Waals surface area contributed by atoms with Crippen LogP contribution in [0.5, 0.6) is 0 Å². The van der Waals surface area contributed by atoms with Crippen molar-refractivity contribution in [3.63, 3.8) is 0 Å². The molecule has 68 valence electrons. The second kappa shape index (κ2) is 3.99. The number of nitrogens with zero attached hydrogens (tertiary/aromatic N) is 2. The summed E-state index contributed by atoms with van der Waals surface area (Å²) in [4.78, 5) is 0. The van der Waals surface area contributed by atoms with Gasteiger partial charge in [-0.05, 0) is 17.7 Å². The molecule has 1 N–H and O–H groups in total. The molecule has 1 aromatic rings. The zero-order valence-electron chi connectivity index (χ0n) is 7.16. The summed E-state index contributed by atoms with van der Waals surface area (Å²) in [5.41, 5.74) is 0.697. The van der Waals surface area contributed by atoms with Gasteiger partial charge < -0.3 is 5.21 Å². The molecule has 3 nitrogen and oxygen atoms in total. The summed E-state index contributed by atoms with van der Waals surface area (Å²) in [6.45, 7) is 0.273. The van der Waals surface area contributed by atoms with Crippen molar-refractivity contribution in [1.29, 1.82) is 5.26 Å². The van der Waals surface area contributed by atoms with Crippen LogP contribution in [0.2, 0.25) is 0 Å². The maximum Gasteiger partial charge on any atom is 0.140 e. The van der Waals surface area contributed by atoms with Crippen LogP contribution in [0.15, 0.2) is 18.2 Å². The summed E-state index contributed by atoms with van der Waals surface area (Å²) in [6.07, 6.45) is 0. The Labute approximate surface area is 75.6 Å². The Morgan fingerprint density at radius 1 is 1.62 bits per heavy atom. The Balaban J connectivity index is 2.95. The van der Waals surface area contributed by atoms with Crippen LogP contribution in [-0.4, -0.2) is 17.3 Å². The molecular formula is C9H9FN2O. The summed E-state index contributed by atoms with van der Waals surface area (Å²) in [5, 5.41) is 18.4. The molecule has 0 radical (unpaired) electrons. The van der Waals surface area contributed by atoms with Crippen LogP contribution in [-0.2, 0) is 6.54 Å². The van der Waals surface area contributed by atoms with E-state index in [1.165, 1.54) is 25.2 Å². The van der Waals surface area contributed by atoms with Gasteiger partial charge in [0.1, 0.15) is 11.9 Å². The molecule has 1 aromatic carbocycles. The summed E-state index contributed by atoms with van der Waals surface area (Å²) in [5.74, 6) is -0.535. The van der Waals surface area contributed by atoms with E-state index < -0.39 is 5.82 Å². The average Bonchev–Trinajstić information content (AvgIpc) is 2.07. The average molecular weight is 180 g/mol. The minimum Gasteiger partial charge on any atom is -0.314 e. The highest BCUT2D eigenvalue weighted by Gasteiger charge is 2.03. The van der Waals surface area contributed by atoms with Crippen molar-refractivity contribution in [3.8, 4) is 6.07 Å². The van der Waals surface area contributed by atoms with Gasteiger partial charge in [0.2, 0.25) is 0 Å². The first-order valence-corrected chi connectivity index (χ1v) is 3.72. The summed E-state index contributed by atoms with van der Waals surface area (Å²) in [6, 6.07) is 5.90. The normalized spacial score (nSPS) is 10.1. The molecule has 0 aliphatic carbocycles. The fourth-order valence-electron chi connectivity index (χ4n) is 1.02. The molecule has 4 heteroatoms. The molecule has 0 aliphatic heterocycles. The second-order valence-corrected chi connectivity index (χ2v) is 2.74. The van der Waals surface area contributed by atoms with Gasteiger partial charge in [-0.15, -0.1) is 0 Å². The molecule has 0 aromatic heterocycles. The number of benzene rings is 1. The van der Waals surface area contributed by atoms with Crippen LogP contribution in [0.4, 0.5) is 4.39 Å². The summed E-state index contributed by atoms with van der Waals surface area (Å²) in [7, 11) is 1.48. The maximum absolute atomic E-state index is 12.8. The van der Waals surface area contributed by atoms with Crippen molar-refractivity contribution >= 4 is 0 Å². The number of nitriles is 1. The zero-order chi connectivity index (χ0) is 9.84. The Morgan fingerprint density at radius 2 is 2.31 bits per heavy atom. The topological polar surface area (TPSA) is 47.3 Å². The molecule has 13 heavy (non-hydrogen) atoms. The molecule has 0 heterocycles. The van der Waals surface area contributed by atoms with Crippen molar-refractivity contribution in [2.45, 2.75) is 6.54 Å². The van der Waals surface area contributed by atoms with Crippen molar-refractivity contribution in [3.05, 3.63) is 35.1 Å². The second-order valence-electron chi connectivity index (χ2n) is 2.74. The van der Waals surface area contributed by atoms with E-state index in [1.54, 1.807) is 6.07 Å². The van der Waals surface area contributed by atoms with E-state index in [-0.39, 0.29) is 12.1 Å². The number of rotatable bonds is 2. The Kier molecular flexibility index (Phi) is 2.96. The van der Waals surface area contributed by atoms with Crippen LogP contribution < -0.4 is 0 Å². The number of hydrogen-bond acceptors (Lipinski definition) is 3. The highest BCUT2D eigenvalue weighted by molar-refractivity contribution is 5.34. The lowest BCUT2D eigenvalue weighted by Gasteiger charge is -2.07. The molecular weight excluding hydrogens is 171 g/mol. The van der Waals surface area contributed by atoms with E-state index in [0.717, 1.165) is 5.06 Å². The molecule has 0 atom stereocenters. The monoisotopic (exact) mass is 180 g/mol. The third kappa shape index (κ3) is 2.51. The van der Waals surface area contributed by atoms with Gasteiger partial charge >= 0.3 is 0 Å². The highest BCUT2D eigenvalue weighted by atomic mass is 19.1. The molecule has 0 amide bonds. The minimum atomic E-state index is -0.535. The van der Waals surface area contributed by atoms with Gasteiger partial charge in [0, 0.05) is 13.6 Å². The van der Waals surface area contributed by atoms with Crippen molar-refractivity contribution in [2.24, 2.45) is 0 Å². The van der Waals surface area contributed by atoms with Gasteiger partial charge in [0.25, 0.3) is 0 Å². The third-order valence-corrected chi connectivity index (χ3v) is 1.56. The first kappa shape index (κ1) is 9.65. The molecule has 0 bridgehead atoms. The molecule has 0 unspecified atom stereocenters. The smallest absolute Gasteiger partial charge is 0.140 e. The van der Waals surface area contributed by atoms with Crippen LogP contribution >= 0.6 is 0 Å². The largest absolute Gasteiger partial charge is 0.314 e. The van der Waals surface area contributed by atoms with Gasteiger partial charge in [-0.1, -0.05) is 6.07 Å². The van der Waals surface area contributed by atoms with Crippen LogP contribution in [0.1, 0.15) is 11.1 Å². The van der Waals surface area contributed by atoms with Gasteiger partial charge in [0.15, 0.2) is 0 Å². The van der Waals surface area contributed by atoms with Gasteiger partial charge in [-0.25, -0.2) is 4.39 Å². The van der Waals surface area contributed by atoms with Crippen molar-refractivity contribution in [2.75, 3.05) is 7.05 Å². The highest BCUT2D eigenvalue weighted by Crippen LogP contribution is 2.10. The van der Waals surface area contributed by atoms with Crippen LogP contribution in [0.3, 0.4) is 0 Å². The van der Waals surface area contributed by atoms with E-state index in [1.807, 2.05) is 0 Å². The third-order valence-electron chi connectivity index (χ3n) is 1.56. The number of halogens is 1. The molecule has 0 fully saturated rings. The summed E-state index contributed by atoms with van der Waals surface area (Å²) >= 11 is 0. The number of hydroxylamine groups is 2. The van der Waals surface area contributed by atoms with E-state index in [2.05, 4.69) is 0 Å². The van der Waals surface area contributed by atoms with E-state index in [9.17, 15) is 4.39 Å². The predicted octanol–water partition coefficient (Wildman–Crippen LogP) is 1.52. The fourth-order valence-corrected chi connectivity index (χ4v) is 1.02. The SMILES string of the molecule is CN(O)Cc1ccc(F)c(C#N)c1. The zero-order valence-corrected chi connectivity index (χ0v) is 7.16. The van der Waals surface area contributed by atoms with Crippen molar-refractivity contribution in [1.82, 2.24) is 5.06 Å². The Morgan fingerprint density at radius 3 is 2.85 bits per heavy atom. The molecule has 0 saturated carbocycles. The fraction of sp³-hybridized carbons (Fsp3) is 0.222. The first-order valence-electron chi connectivity index (χ1n) is 3.72. The maximum atomic E-state index is 12.8. The standard InChI is InChI=1S/C9H9FN2O/c1-12(13)6-7-2-3-9(10)8(4-7)5-11/h2-4,13H,6H2,1H3. The molecule has 0 saturated heterocycles. The van der Waals surface area contributed by atoms with Crippen LogP contribution in [0.25, 0.3) is 0 Å². The first-order chi connectivity index (χ1) is 6.13. The van der Waals surface area contributed by atoms with Gasteiger partial charge in [-0.2, -0.15) is 10.3 Å². The predicted molar refractivity (Wildman–Crippen MR) is 44.4 cm³/mol. The molecule has 1 rings (SSSR count). The Hall–Kier alpha value is -1.44. The van der Waals surface area contributed by atoms with Gasteiger partial charge in [-0.3, -0.25) is 0 Å². The summed E-state index contributed by atoms with van der Waals surface area (Å²) < 4.78 is 12.8. The lowest BCUT2D eigenvalue weighted by molar-refractivity contribution is -0.0731. The quantitative estimate of drug-likeness (QED) is 0.702. The Bertz CT molecular complexity index is 344. The van der Waals surface area contributed by atoms with Crippen LogP contribution in [0, 0.1) is 17.1 Å². The van der Waals surface area contributed by atoms with E-state index >= 15 is 0 Å². The van der Waals surface area contributed by atoms with E-state index in [0.29, 0.717) is 5.56 Å². The van der Waals surface area contributed by atoms with E-state index in [4.69, 9.17) is 10.5 Å². The lowest BCUT2D eigenvalue weighted by atomic mass is 10.1.